The molecule has 0 unspecified atom stereocenters. The smallest absolute Gasteiger partial charge is 0.337 e. The molecule has 0 atom stereocenters. The second kappa shape index (κ2) is 5.58. The van der Waals surface area contributed by atoms with Gasteiger partial charge in [0.1, 0.15) is 0 Å². The zero-order valence-corrected chi connectivity index (χ0v) is 11.5. The molecule has 0 fully saturated rings. The van der Waals surface area contributed by atoms with Crippen LogP contribution in [0.1, 0.15) is 24.2 Å². The highest BCUT2D eigenvalue weighted by Crippen LogP contribution is 2.21. The van der Waals surface area contributed by atoms with Gasteiger partial charge >= 0.3 is 5.97 Å². The molecule has 1 rings (SSSR count). The molecule has 7 heteroatoms. The lowest BCUT2D eigenvalue weighted by molar-refractivity contribution is 0.0697. The fraction of sp³-hybridized carbons (Fsp3) is 0.364. The fourth-order valence-corrected chi connectivity index (χ4v) is 3.06. The first-order valence-electron chi connectivity index (χ1n) is 5.24. The molecule has 0 amide bonds. The number of nitrogens with one attached hydrogen (secondary N) is 1. The number of halogens is 1. The third-order valence-corrected chi connectivity index (χ3v) is 4.00. The SMILES string of the molecule is CC(C)CS(=O)(=O)Nc1ccc(Cl)c(C(=O)O)c1. The van der Waals surface area contributed by atoms with E-state index >= 15 is 0 Å². The number of hydrogen-bond acceptors (Lipinski definition) is 3. The quantitative estimate of drug-likeness (QED) is 0.873. The monoisotopic (exact) mass is 291 g/mol. The van der Waals surface area contributed by atoms with E-state index in [9.17, 15) is 13.2 Å². The summed E-state index contributed by atoms with van der Waals surface area (Å²) in [6, 6.07) is 3.97. The summed E-state index contributed by atoms with van der Waals surface area (Å²) in [4.78, 5) is 10.9. The van der Waals surface area contributed by atoms with Crippen LogP contribution in [0.4, 0.5) is 5.69 Å². The molecule has 0 aromatic heterocycles. The van der Waals surface area contributed by atoms with Crippen LogP contribution < -0.4 is 4.72 Å². The second-order valence-electron chi connectivity index (χ2n) is 4.28. The predicted molar refractivity (Wildman–Crippen MR) is 70.7 cm³/mol. The molecule has 1 aromatic carbocycles. The van der Waals surface area contributed by atoms with E-state index in [1.807, 2.05) is 0 Å². The molecule has 18 heavy (non-hydrogen) atoms. The molecule has 0 spiro atoms. The highest BCUT2D eigenvalue weighted by atomic mass is 35.5. The number of carbonyl (C=O) groups is 1. The maximum Gasteiger partial charge on any atom is 0.337 e. The Morgan fingerprint density at radius 1 is 1.44 bits per heavy atom. The van der Waals surface area contributed by atoms with Crippen molar-refractivity contribution in [3.63, 3.8) is 0 Å². The number of hydrogen-bond donors (Lipinski definition) is 2. The van der Waals surface area contributed by atoms with E-state index in [1.165, 1.54) is 18.2 Å². The Bertz CT molecular complexity index is 554. The number of rotatable bonds is 5. The molecule has 0 aliphatic rings. The Morgan fingerprint density at radius 3 is 2.56 bits per heavy atom. The third-order valence-electron chi connectivity index (χ3n) is 2.02. The maximum atomic E-state index is 11.7. The summed E-state index contributed by atoms with van der Waals surface area (Å²) >= 11 is 5.69. The fourth-order valence-electron chi connectivity index (χ4n) is 1.41. The normalized spacial score (nSPS) is 11.6. The largest absolute Gasteiger partial charge is 0.478 e. The number of anilines is 1. The molecule has 2 N–H and O–H groups in total. The molecule has 0 bridgehead atoms. The Labute approximate surface area is 111 Å². The number of benzene rings is 1. The zero-order valence-electron chi connectivity index (χ0n) is 9.97. The molecule has 0 radical (unpaired) electrons. The van der Waals surface area contributed by atoms with E-state index in [-0.39, 0.29) is 27.9 Å². The second-order valence-corrected chi connectivity index (χ2v) is 6.45. The Hall–Kier alpha value is -1.27. The van der Waals surface area contributed by atoms with Crippen LogP contribution in [0, 0.1) is 5.92 Å². The van der Waals surface area contributed by atoms with Crippen LogP contribution in [0.5, 0.6) is 0 Å². The van der Waals surface area contributed by atoms with Crippen molar-refractivity contribution in [2.45, 2.75) is 13.8 Å². The summed E-state index contributed by atoms with van der Waals surface area (Å²) in [5.74, 6) is -1.25. The minimum Gasteiger partial charge on any atom is -0.478 e. The van der Waals surface area contributed by atoms with Gasteiger partial charge in [-0.05, 0) is 24.1 Å². The van der Waals surface area contributed by atoms with Gasteiger partial charge < -0.3 is 5.11 Å². The van der Waals surface area contributed by atoms with Crippen molar-refractivity contribution in [2.75, 3.05) is 10.5 Å². The molecular weight excluding hydrogens is 278 g/mol. The van der Waals surface area contributed by atoms with Gasteiger partial charge in [0.05, 0.1) is 16.3 Å². The molecule has 0 saturated heterocycles. The summed E-state index contributed by atoms with van der Waals surface area (Å²) in [5.41, 5.74) is 0.0545. The van der Waals surface area contributed by atoms with Crippen molar-refractivity contribution in [2.24, 2.45) is 5.92 Å². The van der Waals surface area contributed by atoms with E-state index in [0.717, 1.165) is 0 Å². The van der Waals surface area contributed by atoms with E-state index in [4.69, 9.17) is 16.7 Å². The lowest BCUT2D eigenvalue weighted by Crippen LogP contribution is -2.20. The van der Waals surface area contributed by atoms with E-state index < -0.39 is 16.0 Å². The van der Waals surface area contributed by atoms with Crippen molar-refractivity contribution in [1.82, 2.24) is 0 Å². The maximum absolute atomic E-state index is 11.7. The van der Waals surface area contributed by atoms with E-state index in [1.54, 1.807) is 13.8 Å². The highest BCUT2D eigenvalue weighted by molar-refractivity contribution is 7.92. The average Bonchev–Trinajstić information content (AvgIpc) is 2.18. The van der Waals surface area contributed by atoms with Gasteiger partial charge in [-0.15, -0.1) is 0 Å². The summed E-state index contributed by atoms with van der Waals surface area (Å²) in [5, 5.41) is 8.94. The van der Waals surface area contributed by atoms with E-state index in [0.29, 0.717) is 0 Å². The summed E-state index contributed by atoms with van der Waals surface area (Å²) < 4.78 is 25.7. The molecule has 5 nitrogen and oxygen atoms in total. The topological polar surface area (TPSA) is 83.5 Å². The van der Waals surface area contributed by atoms with Crippen LogP contribution in [-0.4, -0.2) is 25.2 Å². The van der Waals surface area contributed by atoms with Crippen LogP contribution in [0.3, 0.4) is 0 Å². The third kappa shape index (κ3) is 4.19. The van der Waals surface area contributed by atoms with Gasteiger partial charge in [0.15, 0.2) is 0 Å². The van der Waals surface area contributed by atoms with Gasteiger partial charge in [0.2, 0.25) is 10.0 Å². The number of aromatic carboxylic acids is 1. The van der Waals surface area contributed by atoms with Gasteiger partial charge in [-0.3, -0.25) is 4.72 Å². The zero-order chi connectivity index (χ0) is 13.9. The van der Waals surface area contributed by atoms with Gasteiger partial charge in [-0.25, -0.2) is 13.2 Å². The molecule has 0 aliphatic heterocycles. The average molecular weight is 292 g/mol. The van der Waals surface area contributed by atoms with Crippen LogP contribution in [0.2, 0.25) is 5.02 Å². The first kappa shape index (κ1) is 14.8. The lowest BCUT2D eigenvalue weighted by Gasteiger charge is -2.10. The van der Waals surface area contributed by atoms with Crippen molar-refractivity contribution < 1.29 is 18.3 Å². The minimum absolute atomic E-state index is 0.0197. The Balaban J connectivity index is 2.99. The molecule has 100 valence electrons. The molecule has 0 saturated carbocycles. The lowest BCUT2D eigenvalue weighted by atomic mass is 10.2. The van der Waals surface area contributed by atoms with Gasteiger partial charge in [-0.2, -0.15) is 0 Å². The Morgan fingerprint density at radius 2 is 2.06 bits per heavy atom. The standard InChI is InChI=1S/C11H14ClNO4S/c1-7(2)6-18(16,17)13-8-3-4-10(12)9(5-8)11(14)15/h3-5,7,13H,6H2,1-2H3,(H,14,15). The number of carboxylic acid groups (broad SMARTS) is 1. The van der Waals surface area contributed by atoms with Crippen LogP contribution in [-0.2, 0) is 10.0 Å². The molecule has 0 aliphatic carbocycles. The first-order valence-corrected chi connectivity index (χ1v) is 7.27. The van der Waals surface area contributed by atoms with Crippen molar-refractivity contribution >= 4 is 33.3 Å². The van der Waals surface area contributed by atoms with Gasteiger partial charge in [0.25, 0.3) is 0 Å². The minimum atomic E-state index is -3.48. The molecular formula is C11H14ClNO4S. The van der Waals surface area contributed by atoms with Gasteiger partial charge in [0, 0.05) is 5.69 Å². The molecule has 1 aromatic rings. The van der Waals surface area contributed by atoms with Crippen molar-refractivity contribution in [3.8, 4) is 0 Å². The van der Waals surface area contributed by atoms with Crippen LogP contribution in [0.15, 0.2) is 18.2 Å². The highest BCUT2D eigenvalue weighted by Gasteiger charge is 2.15. The van der Waals surface area contributed by atoms with Crippen LogP contribution in [0.25, 0.3) is 0 Å². The first-order chi connectivity index (χ1) is 8.21. The number of carboxylic acids is 1. The van der Waals surface area contributed by atoms with Crippen molar-refractivity contribution in [1.29, 1.82) is 0 Å². The predicted octanol–water partition coefficient (Wildman–Crippen LogP) is 2.44. The Kier molecular flexibility index (Phi) is 4.59. The number of sulfonamides is 1. The van der Waals surface area contributed by atoms with Crippen LogP contribution >= 0.6 is 11.6 Å². The summed E-state index contributed by atoms with van der Waals surface area (Å²) in [6.45, 7) is 3.56. The summed E-state index contributed by atoms with van der Waals surface area (Å²) in [6.07, 6.45) is 0. The molecule has 0 heterocycles. The van der Waals surface area contributed by atoms with Gasteiger partial charge in [-0.1, -0.05) is 25.4 Å². The van der Waals surface area contributed by atoms with Crippen molar-refractivity contribution in [3.05, 3.63) is 28.8 Å². The summed E-state index contributed by atoms with van der Waals surface area (Å²) in [7, 11) is -3.48. The van der Waals surface area contributed by atoms with E-state index in [2.05, 4.69) is 4.72 Å².